The summed E-state index contributed by atoms with van der Waals surface area (Å²) >= 11 is 0. The zero-order valence-electron chi connectivity index (χ0n) is 19.1. The second-order valence-corrected chi connectivity index (χ2v) is 9.07. The van der Waals surface area contributed by atoms with Crippen LogP contribution in [0.15, 0.2) is 30.5 Å². The molecule has 0 unspecified atom stereocenters. The highest BCUT2D eigenvalue weighted by molar-refractivity contribution is 6.02. The molecule has 1 saturated heterocycles. The average molecular weight is 436 g/mol. The van der Waals surface area contributed by atoms with Crippen molar-refractivity contribution in [3.05, 3.63) is 30.5 Å². The Morgan fingerprint density at radius 3 is 2.47 bits per heavy atom. The van der Waals surface area contributed by atoms with Crippen LogP contribution in [0.1, 0.15) is 32.6 Å². The number of nitrogens with zero attached hydrogens (tertiary/aromatic N) is 6. The van der Waals surface area contributed by atoms with Crippen molar-refractivity contribution >= 4 is 34.7 Å². The van der Waals surface area contributed by atoms with E-state index in [2.05, 4.69) is 56.3 Å². The number of aromatic nitrogens is 2. The Morgan fingerprint density at radius 1 is 1.06 bits per heavy atom. The van der Waals surface area contributed by atoms with E-state index in [9.17, 15) is 4.79 Å². The van der Waals surface area contributed by atoms with Crippen LogP contribution in [0.5, 0.6) is 0 Å². The Balaban J connectivity index is 1.36. The molecule has 1 saturated carbocycles. The summed E-state index contributed by atoms with van der Waals surface area (Å²) in [6.07, 6.45) is 6.49. The largest absolute Gasteiger partial charge is 0.369 e. The van der Waals surface area contributed by atoms with Gasteiger partial charge in [0.25, 0.3) is 0 Å². The first kappa shape index (κ1) is 21.0. The highest BCUT2D eigenvalue weighted by Crippen LogP contribution is 2.37. The number of hydrogen-bond acceptors (Lipinski definition) is 7. The second-order valence-electron chi connectivity index (χ2n) is 9.07. The van der Waals surface area contributed by atoms with Gasteiger partial charge in [0.05, 0.1) is 12.7 Å². The summed E-state index contributed by atoms with van der Waals surface area (Å²) in [5.41, 5.74) is 3.04. The molecule has 1 aromatic heterocycles. The van der Waals surface area contributed by atoms with Crippen molar-refractivity contribution in [2.24, 2.45) is 0 Å². The monoisotopic (exact) mass is 435 g/mol. The van der Waals surface area contributed by atoms with Crippen LogP contribution >= 0.6 is 0 Å². The lowest BCUT2D eigenvalue weighted by Gasteiger charge is -2.38. The van der Waals surface area contributed by atoms with Gasteiger partial charge in [-0.15, -0.1) is 0 Å². The van der Waals surface area contributed by atoms with E-state index < -0.39 is 0 Å². The molecule has 8 nitrogen and oxygen atoms in total. The molecule has 2 fully saturated rings. The number of anilines is 5. The molecule has 8 heteroatoms. The molecule has 1 amide bonds. The molecule has 0 radical (unpaired) electrons. The van der Waals surface area contributed by atoms with Crippen LogP contribution in [-0.4, -0.2) is 73.1 Å². The van der Waals surface area contributed by atoms with Gasteiger partial charge in [-0.1, -0.05) is 12.8 Å². The van der Waals surface area contributed by atoms with Gasteiger partial charge in [-0.2, -0.15) is 4.98 Å². The number of hydrogen-bond donors (Lipinski definition) is 1. The van der Waals surface area contributed by atoms with Gasteiger partial charge >= 0.3 is 0 Å². The second kappa shape index (κ2) is 8.94. The zero-order chi connectivity index (χ0) is 22.1. The molecule has 3 aliphatic rings. The van der Waals surface area contributed by atoms with Crippen molar-refractivity contribution in [3.8, 4) is 0 Å². The first-order chi connectivity index (χ1) is 15.6. The van der Waals surface area contributed by atoms with E-state index in [0.29, 0.717) is 25.1 Å². The molecule has 32 heavy (non-hydrogen) atoms. The fraction of sp³-hybridized carbons (Fsp3) is 0.542. The van der Waals surface area contributed by atoms with Crippen molar-refractivity contribution < 1.29 is 4.79 Å². The molecule has 170 valence electrons. The summed E-state index contributed by atoms with van der Waals surface area (Å²) in [4.78, 5) is 30.9. The highest BCUT2D eigenvalue weighted by Gasteiger charge is 2.35. The van der Waals surface area contributed by atoms with E-state index >= 15 is 0 Å². The number of benzene rings is 1. The van der Waals surface area contributed by atoms with Crippen LogP contribution in [-0.2, 0) is 4.79 Å². The minimum atomic E-state index is 0.135. The van der Waals surface area contributed by atoms with Gasteiger partial charge in [0.15, 0.2) is 5.82 Å². The van der Waals surface area contributed by atoms with Gasteiger partial charge in [0.2, 0.25) is 11.9 Å². The highest BCUT2D eigenvalue weighted by atomic mass is 16.2. The SMILES string of the molecule is CCN1C(=O)CN(C2CCCC2)c2nc(Nc3ccc(N4CCN(C)CC4)cc3)ncc21. The third-order valence-corrected chi connectivity index (χ3v) is 6.99. The molecule has 2 aromatic rings. The molecule has 0 atom stereocenters. The minimum absolute atomic E-state index is 0.135. The molecular formula is C24H33N7O. The van der Waals surface area contributed by atoms with Gasteiger partial charge in [0.1, 0.15) is 5.69 Å². The van der Waals surface area contributed by atoms with Crippen molar-refractivity contribution in [2.45, 2.75) is 38.6 Å². The number of nitrogens with one attached hydrogen (secondary N) is 1. The summed E-state index contributed by atoms with van der Waals surface area (Å²) in [7, 11) is 2.17. The van der Waals surface area contributed by atoms with E-state index in [1.54, 1.807) is 11.1 Å². The molecule has 0 spiro atoms. The first-order valence-corrected chi connectivity index (χ1v) is 11.9. The number of likely N-dealkylation sites (N-methyl/N-ethyl adjacent to an activating group) is 2. The number of fused-ring (bicyclic) bond motifs is 1. The Hall–Kier alpha value is -2.87. The van der Waals surface area contributed by atoms with E-state index in [4.69, 9.17) is 4.98 Å². The van der Waals surface area contributed by atoms with Crippen LogP contribution < -0.4 is 20.0 Å². The van der Waals surface area contributed by atoms with Crippen molar-refractivity contribution in [3.63, 3.8) is 0 Å². The van der Waals surface area contributed by atoms with Gasteiger partial charge < -0.3 is 24.9 Å². The Kier molecular flexibility index (Phi) is 5.87. The van der Waals surface area contributed by atoms with E-state index in [1.807, 2.05) is 6.92 Å². The van der Waals surface area contributed by atoms with Crippen molar-refractivity contribution in [2.75, 3.05) is 66.3 Å². The van der Waals surface area contributed by atoms with E-state index in [1.165, 1.54) is 18.5 Å². The Bertz CT molecular complexity index is 949. The number of carbonyl (C=O) groups excluding carboxylic acids is 1. The molecule has 3 heterocycles. The van der Waals surface area contributed by atoms with Crippen LogP contribution in [0.2, 0.25) is 0 Å². The predicted molar refractivity (Wildman–Crippen MR) is 129 cm³/mol. The van der Waals surface area contributed by atoms with Gasteiger partial charge in [-0.3, -0.25) is 4.79 Å². The normalized spacial score (nSPS) is 20.1. The Morgan fingerprint density at radius 2 is 1.78 bits per heavy atom. The van der Waals surface area contributed by atoms with E-state index in [-0.39, 0.29) is 5.91 Å². The summed E-state index contributed by atoms with van der Waals surface area (Å²) in [5.74, 6) is 1.59. The lowest BCUT2D eigenvalue weighted by molar-refractivity contribution is -0.117. The predicted octanol–water partition coefficient (Wildman–Crippen LogP) is 3.09. The molecular weight excluding hydrogens is 402 g/mol. The molecule has 5 rings (SSSR count). The molecule has 1 aromatic carbocycles. The quantitative estimate of drug-likeness (QED) is 0.774. The van der Waals surface area contributed by atoms with E-state index in [0.717, 1.165) is 56.2 Å². The third-order valence-electron chi connectivity index (χ3n) is 6.99. The van der Waals surface area contributed by atoms with Crippen LogP contribution in [0, 0.1) is 0 Å². The van der Waals surface area contributed by atoms with Crippen LogP contribution in [0.3, 0.4) is 0 Å². The van der Waals surface area contributed by atoms with Gasteiger partial charge in [0, 0.05) is 50.1 Å². The molecule has 1 N–H and O–H groups in total. The molecule has 0 bridgehead atoms. The summed E-state index contributed by atoms with van der Waals surface area (Å²) in [6, 6.07) is 8.89. The van der Waals surface area contributed by atoms with Gasteiger partial charge in [-0.25, -0.2) is 4.98 Å². The summed E-state index contributed by atoms with van der Waals surface area (Å²) in [5, 5.41) is 3.37. The topological polar surface area (TPSA) is 67.8 Å². The average Bonchev–Trinajstić information content (AvgIpc) is 3.35. The maximum absolute atomic E-state index is 12.7. The maximum Gasteiger partial charge on any atom is 0.246 e. The summed E-state index contributed by atoms with van der Waals surface area (Å²) < 4.78 is 0. The van der Waals surface area contributed by atoms with Crippen molar-refractivity contribution in [1.29, 1.82) is 0 Å². The number of piperazine rings is 1. The lowest BCUT2D eigenvalue weighted by atomic mass is 10.1. The minimum Gasteiger partial charge on any atom is -0.369 e. The molecule has 1 aliphatic carbocycles. The van der Waals surface area contributed by atoms with Crippen LogP contribution in [0.4, 0.5) is 28.8 Å². The standard InChI is InChI=1S/C24H33N7O/c1-3-30-21-16-25-24(27-23(21)31(17-22(30)32)20-6-4-5-7-20)26-18-8-10-19(11-9-18)29-14-12-28(2)13-15-29/h8-11,16,20H,3-7,12-15,17H2,1-2H3,(H,25,26,27). The lowest BCUT2D eigenvalue weighted by Crippen LogP contribution is -2.49. The van der Waals surface area contributed by atoms with Crippen molar-refractivity contribution in [1.82, 2.24) is 14.9 Å². The number of rotatable bonds is 5. The fourth-order valence-electron chi connectivity index (χ4n) is 5.08. The summed E-state index contributed by atoms with van der Waals surface area (Å²) in [6.45, 7) is 7.34. The van der Waals surface area contributed by atoms with Crippen LogP contribution in [0.25, 0.3) is 0 Å². The smallest absolute Gasteiger partial charge is 0.246 e. The van der Waals surface area contributed by atoms with Gasteiger partial charge in [-0.05, 0) is 51.1 Å². The maximum atomic E-state index is 12.7. The number of carbonyl (C=O) groups is 1. The third kappa shape index (κ3) is 4.11. The number of amides is 1. The Labute approximate surface area is 190 Å². The first-order valence-electron chi connectivity index (χ1n) is 11.9. The molecule has 2 aliphatic heterocycles. The zero-order valence-corrected chi connectivity index (χ0v) is 19.1. The fourth-order valence-corrected chi connectivity index (χ4v) is 5.08.